The average Bonchev–Trinajstić information content (AvgIpc) is 2.76. The number of methoxy groups -OCH3 is 1. The maximum Gasteiger partial charge on any atom is 0.285 e. The monoisotopic (exact) mass is 292 g/mol. The van der Waals surface area contributed by atoms with Crippen molar-refractivity contribution in [1.29, 1.82) is 0 Å². The van der Waals surface area contributed by atoms with E-state index < -0.39 is 10.8 Å². The van der Waals surface area contributed by atoms with E-state index in [0.717, 1.165) is 19.3 Å². The molecule has 1 fully saturated rings. The molecule has 1 saturated carbocycles. The summed E-state index contributed by atoms with van der Waals surface area (Å²) in [6.45, 7) is 4.31. The number of hydrogen-bond donors (Lipinski definition) is 1. The summed E-state index contributed by atoms with van der Waals surface area (Å²) in [5, 5.41) is 14.0. The number of benzene rings is 1. The van der Waals surface area contributed by atoms with Gasteiger partial charge in [-0.05, 0) is 30.7 Å². The summed E-state index contributed by atoms with van der Waals surface area (Å²) >= 11 is 0. The van der Waals surface area contributed by atoms with Gasteiger partial charge in [-0.1, -0.05) is 19.9 Å². The Labute approximate surface area is 123 Å². The van der Waals surface area contributed by atoms with Gasteiger partial charge < -0.3 is 10.1 Å². The number of nitro benzene ring substituents is 1. The van der Waals surface area contributed by atoms with E-state index >= 15 is 0 Å². The lowest BCUT2D eigenvalue weighted by Gasteiger charge is -2.18. The molecule has 1 aliphatic carbocycles. The molecule has 1 aliphatic rings. The largest absolute Gasteiger partial charge is 0.496 e. The first kappa shape index (κ1) is 15.3. The lowest BCUT2D eigenvalue weighted by Crippen LogP contribution is -2.34. The molecule has 1 aromatic rings. The molecule has 2 rings (SSSR count). The SMILES string of the molecule is COc1cccc([N+](=O)[O-])c1C(=O)NC1CCC(C)(C)C1. The molecule has 0 bridgehead atoms. The highest BCUT2D eigenvalue weighted by molar-refractivity contribution is 6.01. The molecule has 6 nitrogen and oxygen atoms in total. The van der Waals surface area contributed by atoms with E-state index in [2.05, 4.69) is 19.2 Å². The molecule has 1 amide bonds. The van der Waals surface area contributed by atoms with E-state index in [-0.39, 0.29) is 28.5 Å². The third-order valence-corrected chi connectivity index (χ3v) is 3.95. The van der Waals surface area contributed by atoms with Gasteiger partial charge in [-0.15, -0.1) is 0 Å². The summed E-state index contributed by atoms with van der Waals surface area (Å²) in [5.74, 6) is -0.221. The third kappa shape index (κ3) is 3.32. The van der Waals surface area contributed by atoms with Crippen molar-refractivity contribution in [2.75, 3.05) is 7.11 Å². The van der Waals surface area contributed by atoms with Gasteiger partial charge in [0.05, 0.1) is 12.0 Å². The lowest BCUT2D eigenvalue weighted by atomic mass is 9.92. The van der Waals surface area contributed by atoms with Crippen LogP contribution in [0, 0.1) is 15.5 Å². The fourth-order valence-electron chi connectivity index (χ4n) is 2.89. The van der Waals surface area contributed by atoms with Crippen LogP contribution in [-0.2, 0) is 0 Å². The van der Waals surface area contributed by atoms with Crippen molar-refractivity contribution >= 4 is 11.6 Å². The van der Waals surface area contributed by atoms with E-state index in [4.69, 9.17) is 4.74 Å². The van der Waals surface area contributed by atoms with Crippen molar-refractivity contribution in [1.82, 2.24) is 5.32 Å². The summed E-state index contributed by atoms with van der Waals surface area (Å²) in [6, 6.07) is 4.43. The molecule has 0 saturated heterocycles. The summed E-state index contributed by atoms with van der Waals surface area (Å²) < 4.78 is 5.10. The van der Waals surface area contributed by atoms with Crippen LogP contribution < -0.4 is 10.1 Å². The average molecular weight is 292 g/mol. The predicted molar refractivity (Wildman–Crippen MR) is 78.5 cm³/mol. The maximum atomic E-state index is 12.4. The normalized spacial score (nSPS) is 20.0. The van der Waals surface area contributed by atoms with Crippen LogP contribution in [0.1, 0.15) is 43.5 Å². The third-order valence-electron chi connectivity index (χ3n) is 3.95. The number of ether oxygens (including phenoxy) is 1. The fraction of sp³-hybridized carbons (Fsp3) is 0.533. The number of nitro groups is 1. The maximum absolute atomic E-state index is 12.4. The Hall–Kier alpha value is -2.11. The van der Waals surface area contributed by atoms with Gasteiger partial charge in [-0.3, -0.25) is 14.9 Å². The highest BCUT2D eigenvalue weighted by Gasteiger charge is 2.33. The Morgan fingerprint density at radius 2 is 2.19 bits per heavy atom. The van der Waals surface area contributed by atoms with E-state index in [1.54, 1.807) is 6.07 Å². The van der Waals surface area contributed by atoms with Crippen LogP contribution in [0.4, 0.5) is 5.69 Å². The summed E-state index contributed by atoms with van der Waals surface area (Å²) in [6.07, 6.45) is 2.80. The molecular formula is C15H20N2O4. The Balaban J connectivity index is 2.25. The minimum Gasteiger partial charge on any atom is -0.496 e. The quantitative estimate of drug-likeness (QED) is 0.683. The van der Waals surface area contributed by atoms with Crippen molar-refractivity contribution in [2.24, 2.45) is 5.41 Å². The zero-order chi connectivity index (χ0) is 15.6. The van der Waals surface area contributed by atoms with E-state index in [1.807, 2.05) is 0 Å². The first-order chi connectivity index (χ1) is 9.84. The first-order valence-electron chi connectivity index (χ1n) is 6.96. The van der Waals surface area contributed by atoms with Crippen LogP contribution in [0.5, 0.6) is 5.75 Å². The molecule has 1 aromatic carbocycles. The number of rotatable bonds is 4. The summed E-state index contributed by atoms with van der Waals surface area (Å²) in [7, 11) is 1.40. The van der Waals surface area contributed by atoms with Crippen molar-refractivity contribution < 1.29 is 14.5 Å². The zero-order valence-corrected chi connectivity index (χ0v) is 12.5. The van der Waals surface area contributed by atoms with Gasteiger partial charge in [0.1, 0.15) is 5.75 Å². The highest BCUT2D eigenvalue weighted by Crippen LogP contribution is 2.37. The molecule has 0 aliphatic heterocycles. The number of nitrogens with zero attached hydrogens (tertiary/aromatic N) is 1. The molecule has 0 spiro atoms. The molecule has 0 heterocycles. The number of carbonyl (C=O) groups is 1. The molecule has 1 unspecified atom stereocenters. The van der Waals surface area contributed by atoms with Gasteiger partial charge in [-0.2, -0.15) is 0 Å². The molecule has 1 atom stereocenters. The van der Waals surface area contributed by atoms with E-state index in [1.165, 1.54) is 19.2 Å². The Morgan fingerprint density at radius 3 is 2.71 bits per heavy atom. The second kappa shape index (κ2) is 5.71. The highest BCUT2D eigenvalue weighted by atomic mass is 16.6. The minimum absolute atomic E-state index is 0.00490. The van der Waals surface area contributed by atoms with Gasteiger partial charge in [0.15, 0.2) is 5.56 Å². The van der Waals surface area contributed by atoms with Gasteiger partial charge in [0, 0.05) is 12.1 Å². The van der Waals surface area contributed by atoms with Crippen LogP contribution in [0.15, 0.2) is 18.2 Å². The van der Waals surface area contributed by atoms with E-state index in [0.29, 0.717) is 0 Å². The predicted octanol–water partition coefficient (Wildman–Crippen LogP) is 2.91. The number of carbonyl (C=O) groups excluding carboxylic acids is 1. The topological polar surface area (TPSA) is 81.5 Å². The second-order valence-electron chi connectivity index (χ2n) is 6.19. The fourth-order valence-corrected chi connectivity index (χ4v) is 2.89. The molecule has 1 N–H and O–H groups in total. The Morgan fingerprint density at radius 1 is 1.48 bits per heavy atom. The Bertz CT molecular complexity index is 569. The van der Waals surface area contributed by atoms with Crippen molar-refractivity contribution in [3.05, 3.63) is 33.9 Å². The molecule has 0 aromatic heterocycles. The number of hydrogen-bond acceptors (Lipinski definition) is 4. The van der Waals surface area contributed by atoms with Crippen LogP contribution in [0.25, 0.3) is 0 Å². The number of amides is 1. The van der Waals surface area contributed by atoms with Gasteiger partial charge in [-0.25, -0.2) is 0 Å². The molecule has 21 heavy (non-hydrogen) atoms. The standard InChI is InChI=1S/C15H20N2O4/c1-15(2)8-7-10(9-15)16-14(18)13-11(17(19)20)5-4-6-12(13)21-3/h4-6,10H,7-9H2,1-3H3,(H,16,18). The number of nitrogens with one attached hydrogen (secondary N) is 1. The van der Waals surface area contributed by atoms with Crippen LogP contribution in [0.3, 0.4) is 0 Å². The zero-order valence-electron chi connectivity index (χ0n) is 12.5. The Kier molecular flexibility index (Phi) is 4.16. The summed E-state index contributed by atoms with van der Waals surface area (Å²) in [4.78, 5) is 23.0. The van der Waals surface area contributed by atoms with Gasteiger partial charge >= 0.3 is 0 Å². The van der Waals surface area contributed by atoms with Gasteiger partial charge in [0.2, 0.25) is 0 Å². The van der Waals surface area contributed by atoms with Crippen molar-refractivity contribution in [3.8, 4) is 5.75 Å². The molecule has 114 valence electrons. The van der Waals surface area contributed by atoms with Crippen LogP contribution in [-0.4, -0.2) is 24.0 Å². The van der Waals surface area contributed by atoms with Gasteiger partial charge in [0.25, 0.3) is 11.6 Å². The van der Waals surface area contributed by atoms with Crippen molar-refractivity contribution in [3.63, 3.8) is 0 Å². The molecule has 0 radical (unpaired) electrons. The first-order valence-corrected chi connectivity index (χ1v) is 6.96. The lowest BCUT2D eigenvalue weighted by molar-refractivity contribution is -0.385. The second-order valence-corrected chi connectivity index (χ2v) is 6.19. The summed E-state index contributed by atoms with van der Waals surface area (Å²) in [5.41, 5.74) is -0.0381. The van der Waals surface area contributed by atoms with Crippen molar-refractivity contribution in [2.45, 2.75) is 39.2 Å². The van der Waals surface area contributed by atoms with Crippen LogP contribution >= 0.6 is 0 Å². The minimum atomic E-state index is -0.560. The van der Waals surface area contributed by atoms with Crippen LogP contribution in [0.2, 0.25) is 0 Å². The van der Waals surface area contributed by atoms with E-state index in [9.17, 15) is 14.9 Å². The molecular weight excluding hydrogens is 272 g/mol. The molecule has 6 heteroatoms. The smallest absolute Gasteiger partial charge is 0.285 e.